The number of nitrogens with one attached hydrogen (secondary N) is 1. The second kappa shape index (κ2) is 10.1. The van der Waals surface area contributed by atoms with Crippen LogP contribution < -0.4 is 11.5 Å². The zero-order valence-corrected chi connectivity index (χ0v) is 23.2. The molecule has 6 rings (SSSR count). The van der Waals surface area contributed by atoms with Crippen LogP contribution in [0.15, 0.2) is 24.5 Å². The van der Waals surface area contributed by atoms with E-state index in [4.69, 9.17) is 16.5 Å². The number of carbonyl (C=O) groups is 2. The molecule has 0 radical (unpaired) electrons. The number of alkyl halides is 6. The fourth-order valence-corrected chi connectivity index (χ4v) is 6.34. The summed E-state index contributed by atoms with van der Waals surface area (Å²) in [6.07, 6.45) is -8.03. The molecule has 13 nitrogen and oxygen atoms in total. The lowest BCUT2D eigenvalue weighted by atomic mass is 9.85. The molecule has 6 heterocycles. The van der Waals surface area contributed by atoms with Gasteiger partial charge in [0.1, 0.15) is 5.82 Å². The van der Waals surface area contributed by atoms with Crippen LogP contribution in [0.25, 0.3) is 16.8 Å². The number of nitrogens with two attached hydrogens (primary N) is 2. The predicted molar refractivity (Wildman–Crippen MR) is 142 cm³/mol. The number of carbonyl (C=O) groups excluding carboxylic acids is 2. The molecule has 4 aromatic heterocycles. The van der Waals surface area contributed by atoms with Crippen LogP contribution in [0.5, 0.6) is 0 Å². The maximum atomic E-state index is 13.3. The van der Waals surface area contributed by atoms with Gasteiger partial charge in [-0.15, -0.1) is 10.2 Å². The number of ketones is 1. The molecule has 3 atom stereocenters. The molecule has 2 aliphatic heterocycles. The molecule has 2 aliphatic rings. The minimum absolute atomic E-state index is 0.00231. The maximum absolute atomic E-state index is 13.3. The van der Waals surface area contributed by atoms with Gasteiger partial charge in [-0.05, 0) is 38.7 Å². The highest BCUT2D eigenvalue weighted by molar-refractivity contribution is 6.00. The van der Waals surface area contributed by atoms with Crippen molar-refractivity contribution in [3.63, 3.8) is 0 Å². The Labute approximate surface area is 248 Å². The number of fused-ring (bicyclic) bond motifs is 3. The summed E-state index contributed by atoms with van der Waals surface area (Å²) in [5, 5.41) is 21.3. The van der Waals surface area contributed by atoms with Gasteiger partial charge in [0, 0.05) is 35.3 Å². The van der Waals surface area contributed by atoms with E-state index in [0.29, 0.717) is 37.4 Å². The van der Waals surface area contributed by atoms with E-state index >= 15 is 0 Å². The maximum Gasteiger partial charge on any atom is 0.432 e. The fraction of sp³-hybridized carbons (Fsp3) is 0.423. The lowest BCUT2D eigenvalue weighted by Gasteiger charge is -2.38. The molecule has 0 aromatic carbocycles. The van der Waals surface area contributed by atoms with E-state index in [9.17, 15) is 41.0 Å². The molecule has 0 spiro atoms. The Hall–Kier alpha value is -4.81. The number of pyridine rings is 1. The van der Waals surface area contributed by atoms with Gasteiger partial charge in [0.05, 0.1) is 23.1 Å². The van der Waals surface area contributed by atoms with Crippen LogP contribution in [0, 0.1) is 0 Å². The highest BCUT2D eigenvalue weighted by Crippen LogP contribution is 2.50. The van der Waals surface area contributed by atoms with Crippen LogP contribution in [0.1, 0.15) is 70.9 Å². The van der Waals surface area contributed by atoms with Gasteiger partial charge in [0.15, 0.2) is 11.4 Å². The Morgan fingerprint density at radius 1 is 1.00 bits per heavy atom. The van der Waals surface area contributed by atoms with Crippen molar-refractivity contribution < 1.29 is 41.0 Å². The van der Waals surface area contributed by atoms with Crippen molar-refractivity contribution in [2.45, 2.75) is 68.6 Å². The van der Waals surface area contributed by atoms with Crippen LogP contribution in [-0.4, -0.2) is 80.9 Å². The second-order valence-electron chi connectivity index (χ2n) is 11.1. The summed E-state index contributed by atoms with van der Waals surface area (Å²) >= 11 is 0. The zero-order chi connectivity index (χ0) is 32.6. The lowest BCUT2D eigenvalue weighted by molar-refractivity contribution is -0.377. The van der Waals surface area contributed by atoms with Gasteiger partial charge in [-0.2, -0.15) is 36.0 Å². The van der Waals surface area contributed by atoms with Crippen molar-refractivity contribution in [3.05, 3.63) is 47.3 Å². The van der Waals surface area contributed by atoms with Crippen molar-refractivity contribution in [2.75, 3.05) is 11.5 Å². The number of Topliss-reactive ketones (excluding diaryl/α,β-unsaturated/α-hetero) is 1. The van der Waals surface area contributed by atoms with Gasteiger partial charge in [0.25, 0.3) is 11.5 Å². The smallest absolute Gasteiger partial charge is 0.383 e. The van der Waals surface area contributed by atoms with Gasteiger partial charge in [-0.25, -0.2) is 4.98 Å². The average molecular weight is 639 g/mol. The number of hydrogen-bond acceptors (Lipinski definition) is 10. The van der Waals surface area contributed by atoms with E-state index < -0.39 is 29.4 Å². The van der Waals surface area contributed by atoms with Crippen molar-refractivity contribution in [1.29, 1.82) is 0 Å². The zero-order valence-electron chi connectivity index (χ0n) is 23.2. The number of halogens is 6. The number of nitrogen functional groups attached to an aromatic ring is 2. The molecular formula is C26H24F6N10O3. The number of rotatable bonds is 5. The van der Waals surface area contributed by atoms with Crippen LogP contribution in [-0.2, 0) is 5.60 Å². The fourth-order valence-electron chi connectivity index (χ4n) is 6.34. The molecule has 1 amide bonds. The largest absolute Gasteiger partial charge is 0.432 e. The second-order valence-corrected chi connectivity index (χ2v) is 11.1. The molecule has 4 aromatic rings. The first-order valence-corrected chi connectivity index (χ1v) is 13.5. The van der Waals surface area contributed by atoms with E-state index in [0.717, 1.165) is 16.8 Å². The molecule has 19 heteroatoms. The van der Waals surface area contributed by atoms with E-state index in [2.05, 4.69) is 25.3 Å². The summed E-state index contributed by atoms with van der Waals surface area (Å²) in [4.78, 5) is 38.3. The standard InChI is InChI=1S/C26H24F6N10O3/c1-10(43)17-18(12-6-13-3-4-14(7-12)41(13)22(44)20-38-23(34)40-39-20)37-21-15(9-36-42(21)19(17)33)11-2-5-16(35-8-11)24(45,25(27,28)29)26(30,31)32/h2,5,8-9,12-14,45H,3-4,6-7,33H2,1H3,(H3,34,38,39,40)/t12?,13-,14+. The van der Waals surface area contributed by atoms with Gasteiger partial charge >= 0.3 is 12.4 Å². The highest BCUT2D eigenvalue weighted by atomic mass is 19.4. The summed E-state index contributed by atoms with van der Waals surface area (Å²) < 4.78 is 81.2. The Bertz CT molecular complexity index is 1790. The third-order valence-electron chi connectivity index (χ3n) is 8.39. The van der Waals surface area contributed by atoms with Gasteiger partial charge in [-0.1, -0.05) is 6.07 Å². The molecule has 6 N–H and O–H groups in total. The molecule has 2 bridgehead atoms. The third kappa shape index (κ3) is 4.63. The van der Waals surface area contributed by atoms with Crippen LogP contribution in [0.4, 0.5) is 38.1 Å². The number of amides is 1. The van der Waals surface area contributed by atoms with Crippen molar-refractivity contribution in [2.24, 2.45) is 0 Å². The predicted octanol–water partition coefficient (Wildman–Crippen LogP) is 3.14. The Kier molecular flexibility index (Phi) is 6.79. The van der Waals surface area contributed by atoms with Gasteiger partial charge < -0.3 is 26.5 Å². The topological polar surface area (TPSA) is 194 Å². The first-order chi connectivity index (χ1) is 21.0. The Balaban J connectivity index is 1.38. The van der Waals surface area contributed by atoms with Crippen LogP contribution in [0.2, 0.25) is 0 Å². The Morgan fingerprint density at radius 2 is 1.64 bits per heavy atom. The van der Waals surface area contributed by atoms with E-state index in [1.165, 1.54) is 13.1 Å². The van der Waals surface area contributed by atoms with Gasteiger partial charge in [-0.3, -0.25) is 14.6 Å². The summed E-state index contributed by atoms with van der Waals surface area (Å²) in [5.74, 6) is -1.17. The number of H-pyrrole nitrogens is 1. The number of piperidine rings is 1. The molecule has 1 unspecified atom stereocenters. The number of aromatic nitrogens is 7. The lowest BCUT2D eigenvalue weighted by Crippen LogP contribution is -2.54. The highest BCUT2D eigenvalue weighted by Gasteiger charge is 2.72. The number of aromatic amines is 1. The molecule has 45 heavy (non-hydrogen) atoms. The number of anilines is 2. The minimum Gasteiger partial charge on any atom is -0.383 e. The molecular weight excluding hydrogens is 614 g/mol. The average Bonchev–Trinajstić information content (AvgIpc) is 3.66. The first kappa shape index (κ1) is 30.2. The van der Waals surface area contributed by atoms with E-state index in [-0.39, 0.29) is 63.8 Å². The van der Waals surface area contributed by atoms with Crippen molar-refractivity contribution >= 4 is 29.1 Å². The summed E-state index contributed by atoms with van der Waals surface area (Å²) in [6, 6.07) is 0.877. The molecule has 2 fully saturated rings. The van der Waals surface area contributed by atoms with Crippen molar-refractivity contribution in [1.82, 2.24) is 39.7 Å². The number of aliphatic hydroxyl groups is 1. The third-order valence-corrected chi connectivity index (χ3v) is 8.39. The summed E-state index contributed by atoms with van der Waals surface area (Å²) in [6.45, 7) is 1.31. The molecule has 2 saturated heterocycles. The van der Waals surface area contributed by atoms with Crippen molar-refractivity contribution in [3.8, 4) is 11.1 Å². The Morgan fingerprint density at radius 3 is 2.16 bits per heavy atom. The quantitative estimate of drug-likeness (QED) is 0.186. The minimum atomic E-state index is -6.10. The molecule has 0 saturated carbocycles. The summed E-state index contributed by atoms with van der Waals surface area (Å²) in [7, 11) is 0. The molecule has 238 valence electrons. The normalized spacial score (nSPS) is 20.6. The number of hydrogen-bond donors (Lipinski definition) is 4. The summed E-state index contributed by atoms with van der Waals surface area (Å²) in [5.41, 5.74) is 5.79. The van der Waals surface area contributed by atoms with Gasteiger partial charge in [0.2, 0.25) is 11.8 Å². The van der Waals surface area contributed by atoms with E-state index in [1.54, 1.807) is 4.90 Å². The SMILES string of the molecule is CC(=O)c1c(C2C[C@H]3CC[C@@H](C2)N3C(=O)c2nnc(N)[nH]2)nc2c(-c3ccc(C(O)(C(F)(F)F)C(F)(F)F)nc3)cnn2c1N. The monoisotopic (exact) mass is 638 g/mol. The van der Waals surface area contributed by atoms with E-state index in [1.807, 2.05) is 0 Å². The first-order valence-electron chi connectivity index (χ1n) is 13.5. The van der Waals surface area contributed by atoms with Crippen LogP contribution in [0.3, 0.4) is 0 Å². The number of nitrogens with zero attached hydrogens (tertiary/aromatic N) is 7. The van der Waals surface area contributed by atoms with Crippen LogP contribution >= 0.6 is 0 Å². The molecule has 0 aliphatic carbocycles.